The van der Waals surface area contributed by atoms with Crippen molar-refractivity contribution < 1.29 is 108 Å². The minimum absolute atomic E-state index is 0.0310. The van der Waals surface area contributed by atoms with Gasteiger partial charge in [-0.1, -0.05) is 0 Å². The van der Waals surface area contributed by atoms with E-state index in [1.165, 1.54) is 78.3 Å². The van der Waals surface area contributed by atoms with Gasteiger partial charge < -0.3 is 56.8 Å². The van der Waals surface area contributed by atoms with Gasteiger partial charge in [-0.2, -0.15) is 0 Å². The first kappa shape index (κ1) is 96.4. The molecule has 19 rings (SSSR count). The molecule has 4 saturated heterocycles. The molecule has 0 bridgehead atoms. The first-order valence-corrected chi connectivity index (χ1v) is 49.3. The topological polar surface area (TPSA) is 450 Å². The highest BCUT2D eigenvalue weighted by Gasteiger charge is 2.37. The third kappa shape index (κ3) is 22.8. The van der Waals surface area contributed by atoms with Crippen molar-refractivity contribution in [1.29, 1.82) is 0 Å². The van der Waals surface area contributed by atoms with Crippen molar-refractivity contribution in [3.05, 3.63) is 205 Å². The van der Waals surface area contributed by atoms with Crippen LogP contribution in [0.4, 0.5) is 40.3 Å². The van der Waals surface area contributed by atoms with Crippen LogP contribution >= 0.6 is 0 Å². The van der Waals surface area contributed by atoms with E-state index in [0.717, 1.165) is 129 Å². The largest absolute Gasteiger partial charge is 0.488 e. The molecule has 5 fully saturated rings. The molecular weight excluding hydrogens is 1870 g/mol. The number of halogens is 4. The van der Waals surface area contributed by atoms with Gasteiger partial charge in [-0.05, 0) is 160 Å². The Morgan fingerprint density at radius 1 is 0.321 bits per heavy atom. The fourth-order valence-electron chi connectivity index (χ4n) is 15.4. The molecule has 44 heteroatoms. The van der Waals surface area contributed by atoms with E-state index in [0.29, 0.717) is 151 Å². The Morgan fingerprint density at radius 2 is 0.606 bits per heavy atom. The van der Waals surface area contributed by atoms with Gasteiger partial charge in [-0.15, -0.1) is 0 Å². The maximum absolute atomic E-state index is 14.2. The van der Waals surface area contributed by atoms with Gasteiger partial charge >= 0.3 is 0 Å². The molecule has 1 saturated carbocycles. The van der Waals surface area contributed by atoms with Crippen LogP contribution in [-0.2, 0) is 59.0 Å². The molecule has 0 amide bonds. The van der Waals surface area contributed by atoms with E-state index in [4.69, 9.17) is 56.8 Å². The lowest BCUT2D eigenvalue weighted by atomic mass is 10.0. The third-order valence-corrected chi connectivity index (χ3v) is 27.7. The normalized spacial score (nSPS) is 16.2. The maximum atomic E-state index is 14.2. The summed E-state index contributed by atoms with van der Waals surface area (Å²) in [6.45, 7) is 12.2. The fraction of sp³-hybridized carbons (Fsp3) is 0.312. The van der Waals surface area contributed by atoms with Gasteiger partial charge in [0.25, 0.3) is 20.0 Å². The molecule has 4 N–H and O–H groups in total. The summed E-state index contributed by atoms with van der Waals surface area (Å²) in [7, 11) is -10.3. The lowest BCUT2D eigenvalue weighted by Gasteiger charge is -2.24. The Balaban J connectivity index is 0.000000133. The van der Waals surface area contributed by atoms with Crippen LogP contribution < -0.4 is 56.8 Å². The van der Waals surface area contributed by atoms with E-state index in [9.17, 15) is 51.2 Å². The van der Waals surface area contributed by atoms with Crippen LogP contribution in [-0.4, -0.2) is 211 Å². The number of fused-ring (bicyclic) bond motifs is 4. The quantitative estimate of drug-likeness (QED) is 0.0347. The van der Waals surface area contributed by atoms with E-state index < -0.39 is 73.2 Å². The highest BCUT2D eigenvalue weighted by atomic mass is 32.2. The van der Waals surface area contributed by atoms with Crippen LogP contribution in [0.2, 0.25) is 0 Å². The summed E-state index contributed by atoms with van der Waals surface area (Å²) in [4.78, 5) is 50.5. The van der Waals surface area contributed by atoms with Crippen molar-refractivity contribution in [1.82, 2.24) is 59.8 Å². The standard InChI is InChI=1S/2C25H22F2N4O5S.C23H26N4O5S.C20H22N4O5S/c2*1-14-19-7-15(9-22(24(19)30-13-29-14)36-18-5-6-35-12-18)16-8-21(25(34-2)28-11-16)31-37(32,33)23-4-3-17(26)10-20(23)27;1-14-19-9-15(11-21(22(19)26-13-25-14)32-17-5-7-31-8-6-17)16-10-20(23(30-2)24-12-16)27-33(28,29)18-3-4-18;1-12-16-6-13(14-7-17(24-30(3,25)26)20(27-2)21-9-14)8-18(19(16)23-11-22-12)29-15-4-5-28-10-15/h2*3-4,7-11,13,18,31H,5-6,12H2,1-2H3;9-13,17-18,27H,3-8H2,1-2H3;6-9,11,15,24H,4-5,10H2,1-3H3/t2*18-;;15-/m10.1/s1. The minimum atomic E-state index is -4.43. The summed E-state index contributed by atoms with van der Waals surface area (Å²) in [6.07, 6.45) is 18.3. The van der Waals surface area contributed by atoms with Gasteiger partial charge in [0.15, 0.2) is 0 Å². The van der Waals surface area contributed by atoms with Crippen molar-refractivity contribution in [2.24, 2.45) is 0 Å². The number of sulfonamides is 4. The van der Waals surface area contributed by atoms with Crippen LogP contribution in [0.3, 0.4) is 0 Å². The zero-order chi connectivity index (χ0) is 96.6. The van der Waals surface area contributed by atoms with E-state index in [-0.39, 0.29) is 70.2 Å². The maximum Gasteiger partial charge on any atom is 0.264 e. The average Bonchev–Trinajstić information content (AvgIpc) is 1.03. The van der Waals surface area contributed by atoms with E-state index >= 15 is 0 Å². The summed E-state index contributed by atoms with van der Waals surface area (Å²) in [5.74, 6) is -1.55. The van der Waals surface area contributed by atoms with Gasteiger partial charge in [0.1, 0.15) is 151 Å². The predicted molar refractivity (Wildman–Crippen MR) is 499 cm³/mol. The van der Waals surface area contributed by atoms with Gasteiger partial charge in [0.05, 0.1) is 92.8 Å². The molecule has 6 aromatic carbocycles. The molecule has 1 aliphatic carbocycles. The predicted octanol–water partition coefficient (Wildman–Crippen LogP) is 14.5. The number of nitrogens with zero attached hydrogens (tertiary/aromatic N) is 12. The summed E-state index contributed by atoms with van der Waals surface area (Å²) in [6, 6.07) is 25.8. The fourth-order valence-corrected chi connectivity index (χ4v) is 19.5. The van der Waals surface area contributed by atoms with Gasteiger partial charge in [0, 0.05) is 136 Å². The van der Waals surface area contributed by atoms with E-state index in [1.54, 1.807) is 36.7 Å². The number of benzene rings is 6. The number of hydrogen-bond acceptors (Lipinski definition) is 32. The minimum Gasteiger partial charge on any atom is -0.488 e. The summed E-state index contributed by atoms with van der Waals surface area (Å²) < 4.78 is 233. The second-order valence-electron chi connectivity index (χ2n) is 32.3. The molecule has 12 heterocycles. The first-order chi connectivity index (χ1) is 65.8. The number of rotatable bonds is 27. The van der Waals surface area contributed by atoms with E-state index in [1.807, 2.05) is 64.1 Å². The molecule has 8 aromatic heterocycles. The van der Waals surface area contributed by atoms with Crippen molar-refractivity contribution in [3.8, 4) is 91.0 Å². The molecule has 0 unspecified atom stereocenters. The third-order valence-electron chi connectivity index (χ3n) is 22.5. The second kappa shape index (κ2) is 41.4. The molecule has 14 aromatic rings. The summed E-state index contributed by atoms with van der Waals surface area (Å²) in [5.41, 5.74) is 11.7. The molecule has 5 aliphatic rings. The van der Waals surface area contributed by atoms with Gasteiger partial charge in [-0.25, -0.2) is 111 Å². The first-order valence-electron chi connectivity index (χ1n) is 42.9. The van der Waals surface area contributed by atoms with Crippen LogP contribution in [0.15, 0.2) is 169 Å². The zero-order valence-corrected chi connectivity index (χ0v) is 78.4. The van der Waals surface area contributed by atoms with Crippen LogP contribution in [0.1, 0.15) is 67.7 Å². The number of anilines is 4. The Hall–Kier alpha value is -13.8. The number of hydrogen-bond donors (Lipinski definition) is 4. The molecule has 137 heavy (non-hydrogen) atoms. The van der Waals surface area contributed by atoms with Crippen molar-refractivity contribution in [3.63, 3.8) is 0 Å². The lowest BCUT2D eigenvalue weighted by Crippen LogP contribution is -2.26. The number of methoxy groups -OCH3 is 4. The SMILES string of the molecule is COc1ncc(-c2cc(OC3CCOCC3)c3ncnc(C)c3c2)cc1NS(=O)(=O)C1CC1.COc1ncc(-c2cc(O[C@@H]3CCOC3)c3ncnc(C)c3c2)cc1NS(=O)(=O)c1ccc(F)cc1F.COc1ncc(-c2cc(O[C@@H]3CCOC3)c3ncnc(C)c3c2)cc1NS(C)(=O)=O.COc1ncc(-c2cc(O[C@H]3CCOC3)c3ncnc(C)c3c2)cc1NS(=O)(=O)c1ccc(F)cc1F. The van der Waals surface area contributed by atoms with Crippen LogP contribution in [0.5, 0.6) is 46.5 Å². The van der Waals surface area contributed by atoms with Crippen molar-refractivity contribution >= 4 is 106 Å². The Kier molecular flexibility index (Phi) is 29.1. The average molecular weight is 1960 g/mol. The Bertz CT molecular complexity index is 7160. The molecule has 4 aliphatic heterocycles. The highest BCUT2D eigenvalue weighted by molar-refractivity contribution is 7.94. The lowest BCUT2D eigenvalue weighted by molar-refractivity contribution is 0.0261. The van der Waals surface area contributed by atoms with Crippen LogP contribution in [0, 0.1) is 51.0 Å². The second-order valence-corrected chi connectivity index (χ2v) is 39.3. The number of aryl methyl sites for hydroxylation is 4. The molecule has 716 valence electrons. The molecular formula is C93H92F4N16O20S4. The molecule has 0 spiro atoms. The summed E-state index contributed by atoms with van der Waals surface area (Å²) >= 11 is 0. The zero-order valence-electron chi connectivity index (χ0n) is 75.2. The van der Waals surface area contributed by atoms with Gasteiger partial charge in [0.2, 0.25) is 43.6 Å². The van der Waals surface area contributed by atoms with Crippen molar-refractivity contribution in [2.45, 2.75) is 112 Å². The number of aromatic nitrogens is 12. The molecule has 3 atom stereocenters. The van der Waals surface area contributed by atoms with Crippen molar-refractivity contribution in [2.75, 3.05) is 106 Å². The number of nitrogens with one attached hydrogen (secondary N) is 4. The summed E-state index contributed by atoms with van der Waals surface area (Å²) in [5, 5.41) is 2.86. The Morgan fingerprint density at radius 3 is 0.883 bits per heavy atom. The van der Waals surface area contributed by atoms with E-state index in [2.05, 4.69) is 78.7 Å². The number of ether oxygens (including phenoxy) is 12. The van der Waals surface area contributed by atoms with Crippen LogP contribution in [0.25, 0.3) is 88.1 Å². The number of pyridine rings is 4. The van der Waals surface area contributed by atoms with Gasteiger partial charge in [-0.3, -0.25) is 18.9 Å². The molecule has 0 radical (unpaired) electrons. The highest BCUT2D eigenvalue weighted by Crippen LogP contribution is 2.44. The molecule has 36 nitrogen and oxygen atoms in total. The Labute approximate surface area is 784 Å². The smallest absolute Gasteiger partial charge is 0.264 e. The monoisotopic (exact) mass is 1960 g/mol.